The Bertz CT molecular complexity index is 1580. The number of hydrogen-bond donors (Lipinski definition) is 0. The van der Waals surface area contributed by atoms with Gasteiger partial charge in [-0.1, -0.05) is 114 Å². The van der Waals surface area contributed by atoms with E-state index in [4.69, 9.17) is 4.98 Å². The highest BCUT2D eigenvalue weighted by Gasteiger charge is 2.54. The first-order chi connectivity index (χ1) is 19.0. The van der Waals surface area contributed by atoms with E-state index in [0.717, 1.165) is 12.8 Å². The minimum absolute atomic E-state index is 0.0306. The highest BCUT2D eigenvalue weighted by Crippen LogP contribution is 2.59. The summed E-state index contributed by atoms with van der Waals surface area (Å²) in [5, 5.41) is 0. The van der Waals surface area contributed by atoms with Crippen molar-refractivity contribution >= 4 is 11.1 Å². The van der Waals surface area contributed by atoms with Gasteiger partial charge in [-0.2, -0.15) is 0 Å². The molecular weight excluding hydrogens is 482 g/mol. The van der Waals surface area contributed by atoms with Crippen molar-refractivity contribution in [1.29, 1.82) is 0 Å². The fourth-order valence-corrected chi connectivity index (χ4v) is 6.13. The fourth-order valence-electron chi connectivity index (χ4n) is 6.13. The van der Waals surface area contributed by atoms with E-state index in [1.54, 1.807) is 0 Å². The second kappa shape index (κ2) is 9.73. The lowest BCUT2D eigenvalue weighted by Crippen LogP contribution is -2.11. The third-order valence-corrected chi connectivity index (χ3v) is 8.79. The maximum absolute atomic E-state index is 4.76. The van der Waals surface area contributed by atoms with Crippen LogP contribution in [0.5, 0.6) is 0 Å². The molecule has 0 N–H and O–H groups in total. The van der Waals surface area contributed by atoms with Crippen molar-refractivity contribution in [2.24, 2.45) is 11.3 Å². The van der Waals surface area contributed by atoms with Crippen molar-refractivity contribution in [1.82, 2.24) is 4.98 Å². The number of fused-ring (bicyclic) bond motifs is 1. The van der Waals surface area contributed by atoms with E-state index >= 15 is 0 Å². The van der Waals surface area contributed by atoms with Crippen molar-refractivity contribution in [2.75, 3.05) is 0 Å². The van der Waals surface area contributed by atoms with E-state index in [2.05, 4.69) is 139 Å². The van der Waals surface area contributed by atoms with Crippen molar-refractivity contribution in [3.63, 3.8) is 0 Å². The summed E-state index contributed by atoms with van der Waals surface area (Å²) in [4.78, 5) is 4.76. The van der Waals surface area contributed by atoms with Gasteiger partial charge in [0.1, 0.15) is 0 Å². The van der Waals surface area contributed by atoms with Crippen LogP contribution in [0, 0.1) is 11.3 Å². The molecule has 0 amide bonds. The normalized spacial score (nSPS) is 22.1. The molecule has 2 atom stereocenters. The van der Waals surface area contributed by atoms with Crippen LogP contribution < -0.4 is 0 Å². The number of aromatic nitrogens is 1. The molecule has 0 spiro atoms. The Morgan fingerprint density at radius 3 is 2.10 bits per heavy atom. The van der Waals surface area contributed by atoms with E-state index in [0.29, 0.717) is 5.92 Å². The minimum Gasteiger partial charge on any atom is -0.260 e. The molecule has 3 aliphatic carbocycles. The summed E-state index contributed by atoms with van der Waals surface area (Å²) in [7, 11) is 0. The van der Waals surface area contributed by atoms with Crippen LogP contribution in [0.3, 0.4) is 0 Å². The zero-order valence-electron chi connectivity index (χ0n) is 24.8. The van der Waals surface area contributed by atoms with E-state index in [1.165, 1.54) is 50.2 Å². The van der Waals surface area contributed by atoms with Crippen LogP contribution in [0.4, 0.5) is 0 Å². The number of pyridine rings is 1. The zero-order valence-corrected chi connectivity index (χ0v) is 24.8. The molecule has 2 aromatic carbocycles. The lowest BCUT2D eigenvalue weighted by Gasteiger charge is -2.20. The standard InChI is InChI=1S/C39H41N/c1-37(2,3)33-11-9-10-27(13-17-33)30-22-31(28-14-18-34(19-15-28)38(4,5)6)24-32(23-30)29-16-20-35-26-39(35,25-29)36-12-7-8-21-40-36/h7-8,10-25,35H,9,26H2,1-6H3. The molecule has 0 bridgehead atoms. The molecule has 40 heavy (non-hydrogen) atoms. The summed E-state index contributed by atoms with van der Waals surface area (Å²) in [5.74, 6) is 0.549. The molecule has 1 fully saturated rings. The Labute approximate surface area is 240 Å². The fraction of sp³-hybridized carbons (Fsp3) is 0.308. The highest BCUT2D eigenvalue weighted by atomic mass is 14.8. The van der Waals surface area contributed by atoms with Gasteiger partial charge in [0.2, 0.25) is 0 Å². The average Bonchev–Trinajstić information content (AvgIpc) is 3.72. The number of benzene rings is 2. The van der Waals surface area contributed by atoms with Crippen molar-refractivity contribution in [3.05, 3.63) is 137 Å². The molecule has 202 valence electrons. The monoisotopic (exact) mass is 523 g/mol. The predicted molar refractivity (Wildman–Crippen MR) is 171 cm³/mol. The van der Waals surface area contributed by atoms with Gasteiger partial charge < -0.3 is 0 Å². The van der Waals surface area contributed by atoms with Crippen molar-refractivity contribution in [2.45, 2.75) is 65.2 Å². The van der Waals surface area contributed by atoms with E-state index in [9.17, 15) is 0 Å². The molecule has 0 aliphatic heterocycles. The first kappa shape index (κ1) is 26.5. The molecule has 3 aliphatic rings. The van der Waals surface area contributed by atoms with Gasteiger partial charge in [-0.15, -0.1) is 0 Å². The first-order valence-corrected chi connectivity index (χ1v) is 14.7. The SMILES string of the molecule is CC(C)(C)C1=CCC=C(c2cc(C3=CC4(c5ccccn5)CC4C=C3)cc(-c3ccc(C(C)(C)C)cc3)c2)C=C1. The molecular formula is C39H41N. The number of rotatable bonds is 4. The van der Waals surface area contributed by atoms with Gasteiger partial charge in [0, 0.05) is 11.6 Å². The summed E-state index contributed by atoms with van der Waals surface area (Å²) in [6, 6.07) is 22.6. The van der Waals surface area contributed by atoms with Crippen molar-refractivity contribution < 1.29 is 0 Å². The maximum atomic E-state index is 4.76. The average molecular weight is 524 g/mol. The number of nitrogens with zero attached hydrogens (tertiary/aromatic N) is 1. The van der Waals surface area contributed by atoms with Crippen LogP contribution >= 0.6 is 0 Å². The Morgan fingerprint density at radius 2 is 1.43 bits per heavy atom. The van der Waals surface area contributed by atoms with Crippen LogP contribution in [0.1, 0.15) is 76.8 Å². The lowest BCUT2D eigenvalue weighted by molar-refractivity contribution is 0.515. The van der Waals surface area contributed by atoms with E-state index in [1.807, 2.05) is 12.3 Å². The second-order valence-electron chi connectivity index (χ2n) is 13.8. The third-order valence-electron chi connectivity index (χ3n) is 8.79. The van der Waals surface area contributed by atoms with Gasteiger partial charge in [-0.25, -0.2) is 0 Å². The summed E-state index contributed by atoms with van der Waals surface area (Å²) in [6.45, 7) is 13.7. The van der Waals surface area contributed by atoms with E-state index < -0.39 is 0 Å². The molecule has 3 aromatic rings. The summed E-state index contributed by atoms with van der Waals surface area (Å²) < 4.78 is 0. The van der Waals surface area contributed by atoms with Gasteiger partial charge in [0.05, 0.1) is 5.69 Å². The molecule has 0 saturated heterocycles. The molecule has 1 aromatic heterocycles. The third kappa shape index (κ3) is 5.10. The van der Waals surface area contributed by atoms with Gasteiger partial charge in [0.25, 0.3) is 0 Å². The summed E-state index contributed by atoms with van der Waals surface area (Å²) >= 11 is 0. The lowest BCUT2D eigenvalue weighted by atomic mass is 9.84. The topological polar surface area (TPSA) is 12.9 Å². The highest BCUT2D eigenvalue weighted by molar-refractivity contribution is 5.86. The van der Waals surface area contributed by atoms with Crippen molar-refractivity contribution in [3.8, 4) is 11.1 Å². The maximum Gasteiger partial charge on any atom is 0.0509 e. The van der Waals surface area contributed by atoms with Gasteiger partial charge in [-0.3, -0.25) is 4.98 Å². The number of allylic oxidation sites excluding steroid dienone is 10. The van der Waals surface area contributed by atoms with E-state index in [-0.39, 0.29) is 16.2 Å². The van der Waals surface area contributed by atoms with Crippen LogP contribution in [0.2, 0.25) is 0 Å². The van der Waals surface area contributed by atoms with Crippen LogP contribution in [0.15, 0.2) is 115 Å². The molecule has 6 rings (SSSR count). The Kier molecular flexibility index (Phi) is 6.45. The summed E-state index contributed by atoms with van der Waals surface area (Å²) in [5.41, 5.74) is 11.9. The number of hydrogen-bond acceptors (Lipinski definition) is 1. The Morgan fingerprint density at radius 1 is 0.700 bits per heavy atom. The molecule has 1 saturated carbocycles. The predicted octanol–water partition coefficient (Wildman–Crippen LogP) is 10.3. The molecule has 1 heteroatoms. The molecule has 2 unspecified atom stereocenters. The first-order valence-electron chi connectivity index (χ1n) is 14.7. The van der Waals surface area contributed by atoms with Crippen LogP contribution in [0.25, 0.3) is 22.3 Å². The van der Waals surface area contributed by atoms with Gasteiger partial charge in [0.15, 0.2) is 0 Å². The van der Waals surface area contributed by atoms with Gasteiger partial charge >= 0.3 is 0 Å². The Hall–Kier alpha value is -3.71. The second-order valence-corrected chi connectivity index (χ2v) is 13.8. The smallest absolute Gasteiger partial charge is 0.0509 e. The van der Waals surface area contributed by atoms with Gasteiger partial charge in [-0.05, 0) is 104 Å². The molecule has 0 radical (unpaired) electrons. The van der Waals surface area contributed by atoms with Crippen LogP contribution in [-0.2, 0) is 10.8 Å². The van der Waals surface area contributed by atoms with Crippen LogP contribution in [-0.4, -0.2) is 4.98 Å². The molecule has 1 heterocycles. The minimum atomic E-state index is 0.0306. The molecule has 1 nitrogen and oxygen atoms in total. The zero-order chi connectivity index (χ0) is 28.1. The quantitative estimate of drug-likeness (QED) is 0.331. The summed E-state index contributed by atoms with van der Waals surface area (Å²) in [6.07, 6.45) is 20.6. The largest absolute Gasteiger partial charge is 0.260 e. The Balaban J connectivity index is 1.44.